The van der Waals surface area contributed by atoms with Crippen molar-refractivity contribution in [2.45, 2.75) is 26.9 Å². The van der Waals surface area contributed by atoms with Crippen molar-refractivity contribution >= 4 is 17.3 Å². The molecule has 0 N–H and O–H groups in total. The maximum atomic E-state index is 12.7. The molecule has 0 saturated carbocycles. The molecule has 152 valence electrons. The number of aromatic nitrogens is 3. The summed E-state index contributed by atoms with van der Waals surface area (Å²) >= 11 is 6.44. The maximum absolute atomic E-state index is 12.7. The fourth-order valence-corrected chi connectivity index (χ4v) is 3.91. The van der Waals surface area contributed by atoms with Crippen LogP contribution in [0.5, 0.6) is 0 Å². The number of halogens is 1. The molecule has 0 unspecified atom stereocenters. The van der Waals surface area contributed by atoms with E-state index in [-0.39, 0.29) is 10.6 Å². The number of hydrogen-bond donors (Lipinski definition) is 0. The quantitative estimate of drug-likeness (QED) is 0.640. The third-order valence-electron chi connectivity index (χ3n) is 5.42. The highest BCUT2D eigenvalue weighted by atomic mass is 35.5. The molecule has 3 heterocycles. The topological polar surface area (TPSA) is 67.4 Å². The predicted octanol–water partition coefficient (Wildman–Crippen LogP) is 2.87. The van der Waals surface area contributed by atoms with Gasteiger partial charge in [0, 0.05) is 38.3 Å². The Hall–Kier alpha value is -2.64. The van der Waals surface area contributed by atoms with Gasteiger partial charge in [0.1, 0.15) is 10.8 Å². The summed E-state index contributed by atoms with van der Waals surface area (Å²) in [6.45, 7) is 8.45. The maximum Gasteiger partial charge on any atom is 0.287 e. The Morgan fingerprint density at radius 1 is 1.07 bits per heavy atom. The van der Waals surface area contributed by atoms with Crippen molar-refractivity contribution in [1.82, 2.24) is 19.8 Å². The molecular formula is C21H24ClN5O2. The van der Waals surface area contributed by atoms with Crippen LogP contribution in [0.25, 0.3) is 0 Å². The Kier molecular flexibility index (Phi) is 5.69. The lowest BCUT2D eigenvalue weighted by molar-refractivity contribution is 0.248. The van der Waals surface area contributed by atoms with Gasteiger partial charge in [0.05, 0.1) is 24.1 Å². The molecule has 7 nitrogen and oxygen atoms in total. The van der Waals surface area contributed by atoms with E-state index in [4.69, 9.17) is 16.1 Å². The molecule has 8 heteroatoms. The van der Waals surface area contributed by atoms with Crippen LogP contribution in [0.15, 0.2) is 45.8 Å². The van der Waals surface area contributed by atoms with E-state index in [9.17, 15) is 4.79 Å². The third-order valence-corrected chi connectivity index (χ3v) is 5.77. The van der Waals surface area contributed by atoms with Crippen LogP contribution in [-0.4, -0.2) is 46.0 Å². The second-order valence-corrected chi connectivity index (χ2v) is 7.74. The molecule has 3 aromatic rings. The lowest BCUT2D eigenvalue weighted by Gasteiger charge is -2.36. The number of rotatable bonds is 5. The monoisotopic (exact) mass is 413 g/mol. The summed E-state index contributed by atoms with van der Waals surface area (Å²) in [5.41, 5.74) is 3.56. The number of hydrogen-bond acceptors (Lipinski definition) is 6. The highest BCUT2D eigenvalue weighted by molar-refractivity contribution is 6.33. The molecule has 29 heavy (non-hydrogen) atoms. The zero-order chi connectivity index (χ0) is 20.4. The molecule has 1 fully saturated rings. The van der Waals surface area contributed by atoms with Crippen molar-refractivity contribution in [2.75, 3.05) is 31.1 Å². The van der Waals surface area contributed by atoms with Gasteiger partial charge in [0.25, 0.3) is 5.56 Å². The van der Waals surface area contributed by atoms with E-state index in [2.05, 4.69) is 20.1 Å². The van der Waals surface area contributed by atoms with Crippen molar-refractivity contribution in [2.24, 2.45) is 0 Å². The molecule has 1 aromatic carbocycles. The van der Waals surface area contributed by atoms with Gasteiger partial charge in [-0.1, -0.05) is 47.1 Å². The van der Waals surface area contributed by atoms with Gasteiger partial charge in [-0.3, -0.25) is 9.69 Å². The van der Waals surface area contributed by atoms with E-state index < -0.39 is 0 Å². The van der Waals surface area contributed by atoms with Gasteiger partial charge >= 0.3 is 0 Å². The minimum Gasteiger partial charge on any atom is -0.366 e. The number of benzene rings is 1. The van der Waals surface area contributed by atoms with Crippen LogP contribution in [0.3, 0.4) is 0 Å². The van der Waals surface area contributed by atoms with E-state index in [1.807, 2.05) is 44.2 Å². The molecule has 0 amide bonds. The molecule has 0 bridgehead atoms. The Morgan fingerprint density at radius 3 is 2.45 bits per heavy atom. The van der Waals surface area contributed by atoms with Crippen LogP contribution >= 0.6 is 11.6 Å². The SMILES string of the molecule is Cc1noc(C)c1CN1CCN(c2cnn(Cc3ccccc3)c(=O)c2Cl)CC1. The molecule has 0 radical (unpaired) electrons. The van der Waals surface area contributed by atoms with Gasteiger partial charge in [-0.15, -0.1) is 0 Å². The molecule has 1 saturated heterocycles. The van der Waals surface area contributed by atoms with Gasteiger partial charge in [-0.05, 0) is 19.4 Å². The second kappa shape index (κ2) is 8.39. The fraction of sp³-hybridized carbons (Fsp3) is 0.381. The summed E-state index contributed by atoms with van der Waals surface area (Å²) in [5, 5.41) is 8.62. The summed E-state index contributed by atoms with van der Waals surface area (Å²) < 4.78 is 6.67. The first-order chi connectivity index (χ1) is 14.0. The first-order valence-corrected chi connectivity index (χ1v) is 10.1. The lowest BCUT2D eigenvalue weighted by atomic mass is 10.1. The minimum absolute atomic E-state index is 0.232. The van der Waals surface area contributed by atoms with Crippen molar-refractivity contribution in [3.63, 3.8) is 0 Å². The highest BCUT2D eigenvalue weighted by Gasteiger charge is 2.23. The average molecular weight is 414 g/mol. The van der Waals surface area contributed by atoms with E-state index in [0.29, 0.717) is 12.2 Å². The Labute approximate surface area is 174 Å². The fourth-order valence-electron chi connectivity index (χ4n) is 3.64. The summed E-state index contributed by atoms with van der Waals surface area (Å²) in [5.74, 6) is 0.874. The molecule has 1 aliphatic heterocycles. The largest absolute Gasteiger partial charge is 0.366 e. The van der Waals surface area contributed by atoms with Crippen LogP contribution in [0.1, 0.15) is 22.6 Å². The van der Waals surface area contributed by atoms with Crippen LogP contribution in [0, 0.1) is 13.8 Å². The minimum atomic E-state index is -0.258. The first kappa shape index (κ1) is 19.7. The van der Waals surface area contributed by atoms with Crippen molar-refractivity contribution < 1.29 is 4.52 Å². The molecule has 2 aromatic heterocycles. The van der Waals surface area contributed by atoms with Gasteiger partial charge in [0.15, 0.2) is 0 Å². The molecule has 4 rings (SSSR count). The second-order valence-electron chi connectivity index (χ2n) is 7.36. The van der Waals surface area contributed by atoms with Crippen molar-refractivity contribution in [3.8, 4) is 0 Å². The van der Waals surface area contributed by atoms with E-state index >= 15 is 0 Å². The van der Waals surface area contributed by atoms with Crippen molar-refractivity contribution in [1.29, 1.82) is 0 Å². The average Bonchev–Trinajstić information content (AvgIpc) is 3.05. The Morgan fingerprint density at radius 2 is 1.79 bits per heavy atom. The number of nitrogens with zero attached hydrogens (tertiary/aromatic N) is 5. The van der Waals surface area contributed by atoms with Crippen LogP contribution < -0.4 is 10.5 Å². The number of anilines is 1. The van der Waals surface area contributed by atoms with Crippen molar-refractivity contribution in [3.05, 3.63) is 74.5 Å². The van der Waals surface area contributed by atoms with Gasteiger partial charge in [-0.2, -0.15) is 5.10 Å². The van der Waals surface area contributed by atoms with Crippen LogP contribution in [0.2, 0.25) is 5.02 Å². The van der Waals surface area contributed by atoms with E-state index in [1.165, 1.54) is 4.68 Å². The van der Waals surface area contributed by atoms with Crippen LogP contribution in [0.4, 0.5) is 5.69 Å². The van der Waals surface area contributed by atoms with Gasteiger partial charge in [-0.25, -0.2) is 4.68 Å². The third kappa shape index (κ3) is 4.21. The van der Waals surface area contributed by atoms with Crippen LogP contribution in [-0.2, 0) is 13.1 Å². The van der Waals surface area contributed by atoms with E-state index in [0.717, 1.165) is 55.3 Å². The zero-order valence-corrected chi connectivity index (χ0v) is 17.4. The highest BCUT2D eigenvalue weighted by Crippen LogP contribution is 2.23. The van der Waals surface area contributed by atoms with E-state index in [1.54, 1.807) is 6.20 Å². The molecular weight excluding hydrogens is 390 g/mol. The normalized spacial score (nSPS) is 15.1. The summed E-state index contributed by atoms with van der Waals surface area (Å²) in [6.07, 6.45) is 1.70. The Balaban J connectivity index is 1.43. The molecule has 1 aliphatic rings. The lowest BCUT2D eigenvalue weighted by Crippen LogP contribution is -2.46. The van der Waals surface area contributed by atoms with Gasteiger partial charge in [0.2, 0.25) is 0 Å². The predicted molar refractivity (Wildman–Crippen MR) is 113 cm³/mol. The first-order valence-electron chi connectivity index (χ1n) is 9.71. The molecule has 0 spiro atoms. The summed E-state index contributed by atoms with van der Waals surface area (Å²) in [4.78, 5) is 17.2. The summed E-state index contributed by atoms with van der Waals surface area (Å²) in [6, 6.07) is 9.76. The number of aryl methyl sites for hydroxylation is 2. The summed E-state index contributed by atoms with van der Waals surface area (Å²) in [7, 11) is 0. The Bertz CT molecular complexity index is 1020. The zero-order valence-electron chi connectivity index (χ0n) is 16.6. The van der Waals surface area contributed by atoms with Gasteiger partial charge < -0.3 is 9.42 Å². The number of piperazine rings is 1. The molecule has 0 atom stereocenters. The molecule has 0 aliphatic carbocycles. The smallest absolute Gasteiger partial charge is 0.287 e. The standard InChI is InChI=1S/C21H24ClN5O2/c1-15-18(16(2)29-24-15)14-25-8-10-26(11-9-25)19-12-23-27(21(28)20(19)22)13-17-6-4-3-5-7-17/h3-7,12H,8-11,13-14H2,1-2H3.